The Balaban J connectivity index is 1.98. The molecular weight excluding hydrogens is 395 g/mol. The second-order valence-electron chi connectivity index (χ2n) is 4.51. The van der Waals surface area contributed by atoms with Gasteiger partial charge < -0.3 is 9.84 Å². The van der Waals surface area contributed by atoms with Gasteiger partial charge in [0.2, 0.25) is 5.91 Å². The quantitative estimate of drug-likeness (QED) is 0.453. The molecule has 0 radical (unpaired) electrons. The second kappa shape index (κ2) is 7.79. The number of carbonyl (C=O) groups excluding carboxylic acids is 1. The molecule has 22 heavy (non-hydrogen) atoms. The molecule has 2 aromatic carbocycles. The molecule has 0 aliphatic carbocycles. The molecule has 0 heterocycles. The SMILES string of the molecule is COc1cc(/C=N/NC(=O)Cc2ccccc2)cc(I)c1O. The third-order valence-electron chi connectivity index (χ3n) is 2.88. The topological polar surface area (TPSA) is 70.9 Å². The minimum atomic E-state index is -0.192. The van der Waals surface area contributed by atoms with E-state index in [4.69, 9.17) is 4.74 Å². The minimum absolute atomic E-state index is 0.0911. The number of methoxy groups -OCH3 is 1. The molecule has 0 saturated carbocycles. The van der Waals surface area contributed by atoms with Crippen molar-refractivity contribution in [3.63, 3.8) is 0 Å². The van der Waals surface area contributed by atoms with E-state index < -0.39 is 0 Å². The third kappa shape index (κ3) is 4.45. The number of benzene rings is 2. The van der Waals surface area contributed by atoms with Gasteiger partial charge in [0.1, 0.15) is 0 Å². The van der Waals surface area contributed by atoms with Crippen molar-refractivity contribution in [2.45, 2.75) is 6.42 Å². The van der Waals surface area contributed by atoms with Crippen molar-refractivity contribution in [2.75, 3.05) is 7.11 Å². The zero-order chi connectivity index (χ0) is 15.9. The lowest BCUT2D eigenvalue weighted by atomic mass is 10.1. The first-order valence-corrected chi connectivity index (χ1v) is 7.60. The van der Waals surface area contributed by atoms with E-state index in [2.05, 4.69) is 10.5 Å². The number of halogens is 1. The molecule has 0 unspecified atom stereocenters. The normalized spacial score (nSPS) is 10.6. The van der Waals surface area contributed by atoms with Crippen LogP contribution in [0.5, 0.6) is 11.5 Å². The van der Waals surface area contributed by atoms with Crippen molar-refractivity contribution >= 4 is 34.7 Å². The fourth-order valence-electron chi connectivity index (χ4n) is 1.82. The number of rotatable bonds is 5. The number of phenolic OH excluding ortho intramolecular Hbond substituents is 1. The van der Waals surface area contributed by atoms with Crippen molar-refractivity contribution in [3.05, 3.63) is 57.2 Å². The zero-order valence-electron chi connectivity index (χ0n) is 11.9. The molecule has 1 amide bonds. The molecule has 0 aromatic heterocycles. The van der Waals surface area contributed by atoms with E-state index in [9.17, 15) is 9.90 Å². The molecule has 0 fully saturated rings. The van der Waals surface area contributed by atoms with Gasteiger partial charge >= 0.3 is 0 Å². The lowest BCUT2D eigenvalue weighted by Gasteiger charge is -2.06. The number of hydrogen-bond donors (Lipinski definition) is 2. The average Bonchev–Trinajstić information content (AvgIpc) is 2.51. The summed E-state index contributed by atoms with van der Waals surface area (Å²) in [5.41, 5.74) is 4.12. The maximum Gasteiger partial charge on any atom is 0.244 e. The Morgan fingerprint density at radius 3 is 2.77 bits per heavy atom. The van der Waals surface area contributed by atoms with Crippen LogP contribution in [0, 0.1) is 3.57 Å². The highest BCUT2D eigenvalue weighted by Crippen LogP contribution is 2.31. The summed E-state index contributed by atoms with van der Waals surface area (Å²) in [5.74, 6) is 0.264. The van der Waals surface area contributed by atoms with Crippen LogP contribution in [-0.2, 0) is 11.2 Å². The number of nitrogens with one attached hydrogen (secondary N) is 1. The first-order chi connectivity index (χ1) is 10.6. The van der Waals surface area contributed by atoms with E-state index in [0.29, 0.717) is 9.32 Å². The zero-order valence-corrected chi connectivity index (χ0v) is 14.1. The first-order valence-electron chi connectivity index (χ1n) is 6.52. The van der Waals surface area contributed by atoms with Crippen LogP contribution in [0.2, 0.25) is 0 Å². The molecule has 2 aromatic rings. The molecule has 0 aliphatic rings. The van der Waals surface area contributed by atoms with Gasteiger partial charge in [-0.15, -0.1) is 0 Å². The van der Waals surface area contributed by atoms with Crippen molar-refractivity contribution in [1.82, 2.24) is 5.43 Å². The molecule has 5 nitrogen and oxygen atoms in total. The van der Waals surface area contributed by atoms with E-state index in [1.54, 1.807) is 12.1 Å². The third-order valence-corrected chi connectivity index (χ3v) is 3.70. The van der Waals surface area contributed by atoms with E-state index in [0.717, 1.165) is 11.1 Å². The minimum Gasteiger partial charge on any atom is -0.504 e. The Morgan fingerprint density at radius 2 is 2.09 bits per heavy atom. The molecule has 114 valence electrons. The maximum atomic E-state index is 11.8. The summed E-state index contributed by atoms with van der Waals surface area (Å²) in [6.07, 6.45) is 1.78. The standard InChI is InChI=1S/C16H15IN2O3/c1-22-14-8-12(7-13(17)16(14)21)10-18-19-15(20)9-11-5-3-2-4-6-11/h2-8,10,21H,9H2,1H3,(H,19,20)/b18-10+. The van der Waals surface area contributed by atoms with E-state index in [-0.39, 0.29) is 18.1 Å². The van der Waals surface area contributed by atoms with Gasteiger partial charge in [0.25, 0.3) is 0 Å². The van der Waals surface area contributed by atoms with E-state index in [1.807, 2.05) is 52.9 Å². The predicted octanol–water partition coefficient (Wildman–Crippen LogP) is 2.70. The fraction of sp³-hybridized carbons (Fsp3) is 0.125. The van der Waals surface area contributed by atoms with Crippen molar-refractivity contribution in [3.8, 4) is 11.5 Å². The average molecular weight is 410 g/mol. The Hall–Kier alpha value is -2.09. The number of phenols is 1. The maximum absolute atomic E-state index is 11.8. The molecule has 0 spiro atoms. The summed E-state index contributed by atoms with van der Waals surface area (Å²) in [7, 11) is 1.48. The van der Waals surface area contributed by atoms with Crippen molar-refractivity contribution in [1.29, 1.82) is 0 Å². The van der Waals surface area contributed by atoms with Gasteiger partial charge in [-0.3, -0.25) is 4.79 Å². The number of aromatic hydroxyl groups is 1. The highest BCUT2D eigenvalue weighted by molar-refractivity contribution is 14.1. The molecule has 6 heteroatoms. The van der Waals surface area contributed by atoms with Gasteiger partial charge in [0.05, 0.1) is 23.3 Å². The van der Waals surface area contributed by atoms with Crippen LogP contribution in [0.25, 0.3) is 0 Å². The molecule has 2 rings (SSSR count). The van der Waals surface area contributed by atoms with Crippen molar-refractivity contribution in [2.24, 2.45) is 5.10 Å². The molecule has 0 bridgehead atoms. The van der Waals surface area contributed by atoms with Crippen LogP contribution in [0.4, 0.5) is 0 Å². The van der Waals surface area contributed by atoms with Crippen LogP contribution in [-0.4, -0.2) is 24.3 Å². The molecule has 0 atom stereocenters. The Kier molecular flexibility index (Phi) is 5.76. The van der Waals surface area contributed by atoms with Crippen LogP contribution in [0.15, 0.2) is 47.6 Å². The van der Waals surface area contributed by atoms with Crippen LogP contribution >= 0.6 is 22.6 Å². The molecule has 2 N–H and O–H groups in total. The summed E-state index contributed by atoms with van der Waals surface area (Å²) in [4.78, 5) is 11.8. The Morgan fingerprint density at radius 1 is 1.36 bits per heavy atom. The second-order valence-corrected chi connectivity index (χ2v) is 5.67. The number of carbonyl (C=O) groups is 1. The Bertz CT molecular complexity index is 687. The molecule has 0 saturated heterocycles. The highest BCUT2D eigenvalue weighted by atomic mass is 127. The lowest BCUT2D eigenvalue weighted by molar-refractivity contribution is -0.120. The van der Waals surface area contributed by atoms with Gasteiger partial charge in [0, 0.05) is 0 Å². The summed E-state index contributed by atoms with van der Waals surface area (Å²) >= 11 is 2.00. The van der Waals surface area contributed by atoms with Gasteiger partial charge in [0.15, 0.2) is 11.5 Å². The highest BCUT2D eigenvalue weighted by Gasteiger charge is 2.07. The first kappa shape index (κ1) is 16.3. The van der Waals surface area contributed by atoms with Crippen molar-refractivity contribution < 1.29 is 14.6 Å². The van der Waals surface area contributed by atoms with Gasteiger partial charge in [-0.25, -0.2) is 5.43 Å². The van der Waals surface area contributed by atoms with E-state index >= 15 is 0 Å². The van der Waals surface area contributed by atoms with Crippen LogP contribution in [0.1, 0.15) is 11.1 Å². The monoisotopic (exact) mass is 410 g/mol. The van der Waals surface area contributed by atoms with Gasteiger partial charge in [-0.2, -0.15) is 5.10 Å². The number of nitrogens with zero attached hydrogens (tertiary/aromatic N) is 1. The summed E-state index contributed by atoms with van der Waals surface area (Å²) < 4.78 is 5.72. The number of hydrazone groups is 1. The molecule has 0 aliphatic heterocycles. The fourth-order valence-corrected chi connectivity index (χ4v) is 2.45. The van der Waals surface area contributed by atoms with Crippen LogP contribution in [0.3, 0.4) is 0 Å². The largest absolute Gasteiger partial charge is 0.504 e. The summed E-state index contributed by atoms with van der Waals surface area (Å²) in [5, 5.41) is 13.7. The lowest BCUT2D eigenvalue weighted by Crippen LogP contribution is -2.19. The Labute approximate surface area is 142 Å². The van der Waals surface area contributed by atoms with Gasteiger partial charge in [-0.1, -0.05) is 30.3 Å². The van der Waals surface area contributed by atoms with Gasteiger partial charge in [-0.05, 0) is 45.9 Å². The molecular formula is C16H15IN2O3. The summed E-state index contributed by atoms with van der Waals surface area (Å²) in [6, 6.07) is 12.8. The smallest absolute Gasteiger partial charge is 0.244 e. The van der Waals surface area contributed by atoms with Crippen LogP contribution < -0.4 is 10.2 Å². The summed E-state index contributed by atoms with van der Waals surface area (Å²) in [6.45, 7) is 0. The number of ether oxygens (including phenoxy) is 1. The van der Waals surface area contributed by atoms with E-state index in [1.165, 1.54) is 13.3 Å². The number of hydrogen-bond acceptors (Lipinski definition) is 4. The predicted molar refractivity (Wildman–Crippen MR) is 93.3 cm³/mol. The number of amides is 1.